The molecule has 0 fully saturated rings. The Labute approximate surface area is 283 Å². The largest absolute Gasteiger partial charge is 0.352 e. The van der Waals surface area contributed by atoms with Crippen LogP contribution in [0.2, 0.25) is 15.1 Å². The van der Waals surface area contributed by atoms with Crippen LogP contribution in [0.25, 0.3) is 0 Å². The number of amides is 2. The Kier molecular flexibility index (Phi) is 12.1. The fourth-order valence-electron chi connectivity index (χ4n) is 4.72. The standard InChI is InChI=1S/C34H33Cl3FN3O4S/c1-3-23(2)39-34(43)32(18-24-10-6-4-7-11-24)40(21-25-14-15-26(35)19-29(25)36)33(42)22-41(27-16-17-31(38)30(37)20-27)46(44,45)28-12-8-5-9-13-28/h4-17,19-20,23,32H,3,18,21-22H2,1-2H3,(H,39,43). The summed E-state index contributed by atoms with van der Waals surface area (Å²) in [5.74, 6) is -1.87. The van der Waals surface area contributed by atoms with Gasteiger partial charge in [0.1, 0.15) is 18.4 Å². The molecule has 4 rings (SSSR count). The van der Waals surface area contributed by atoms with E-state index in [4.69, 9.17) is 34.8 Å². The monoisotopic (exact) mass is 703 g/mol. The number of nitrogens with one attached hydrogen (secondary N) is 1. The number of anilines is 1. The molecule has 0 saturated heterocycles. The summed E-state index contributed by atoms with van der Waals surface area (Å²) in [6, 6.07) is 23.6. The molecular formula is C34H33Cl3FN3O4S. The van der Waals surface area contributed by atoms with Crippen molar-refractivity contribution in [2.75, 3.05) is 10.8 Å². The quantitative estimate of drug-likeness (QED) is 0.156. The van der Waals surface area contributed by atoms with Crippen molar-refractivity contribution >= 4 is 62.3 Å². The van der Waals surface area contributed by atoms with Gasteiger partial charge in [-0.1, -0.05) is 96.3 Å². The van der Waals surface area contributed by atoms with Gasteiger partial charge >= 0.3 is 0 Å². The molecular weight excluding hydrogens is 672 g/mol. The lowest BCUT2D eigenvalue weighted by Crippen LogP contribution is -2.54. The van der Waals surface area contributed by atoms with Crippen molar-refractivity contribution in [1.29, 1.82) is 0 Å². The van der Waals surface area contributed by atoms with Crippen molar-refractivity contribution in [2.45, 2.75) is 50.2 Å². The van der Waals surface area contributed by atoms with Gasteiger partial charge in [-0.25, -0.2) is 12.8 Å². The first-order valence-corrected chi connectivity index (χ1v) is 17.1. The molecule has 4 aromatic rings. The van der Waals surface area contributed by atoms with Gasteiger partial charge in [0.25, 0.3) is 10.0 Å². The Morgan fingerprint density at radius 1 is 0.870 bits per heavy atom. The second kappa shape index (κ2) is 15.8. The van der Waals surface area contributed by atoms with Crippen LogP contribution >= 0.6 is 34.8 Å². The second-order valence-electron chi connectivity index (χ2n) is 10.7. The number of benzene rings is 4. The average Bonchev–Trinajstić information content (AvgIpc) is 3.04. The summed E-state index contributed by atoms with van der Waals surface area (Å²) in [6.45, 7) is 2.91. The Hall–Kier alpha value is -3.63. The van der Waals surface area contributed by atoms with Crippen LogP contribution < -0.4 is 9.62 Å². The maximum absolute atomic E-state index is 14.5. The molecule has 0 radical (unpaired) electrons. The number of sulfonamides is 1. The van der Waals surface area contributed by atoms with Gasteiger partial charge in [0.2, 0.25) is 11.8 Å². The van der Waals surface area contributed by atoms with Crippen LogP contribution in [0.3, 0.4) is 0 Å². The Morgan fingerprint density at radius 3 is 2.13 bits per heavy atom. The molecule has 2 unspecified atom stereocenters. The average molecular weight is 705 g/mol. The minimum atomic E-state index is -4.37. The molecule has 2 amide bonds. The Morgan fingerprint density at radius 2 is 1.52 bits per heavy atom. The van der Waals surface area contributed by atoms with Crippen LogP contribution in [-0.2, 0) is 32.6 Å². The topological polar surface area (TPSA) is 86.8 Å². The van der Waals surface area contributed by atoms with Crippen LogP contribution in [0.4, 0.5) is 10.1 Å². The second-order valence-corrected chi connectivity index (χ2v) is 13.8. The predicted molar refractivity (Wildman–Crippen MR) is 181 cm³/mol. The van der Waals surface area contributed by atoms with Gasteiger partial charge in [0, 0.05) is 29.1 Å². The number of nitrogens with zero attached hydrogens (tertiary/aromatic N) is 2. The van der Waals surface area contributed by atoms with Crippen LogP contribution in [0.1, 0.15) is 31.4 Å². The molecule has 4 aromatic carbocycles. The molecule has 242 valence electrons. The van der Waals surface area contributed by atoms with Gasteiger partial charge < -0.3 is 10.2 Å². The van der Waals surface area contributed by atoms with E-state index in [0.29, 0.717) is 17.0 Å². The zero-order valence-electron chi connectivity index (χ0n) is 25.2. The molecule has 46 heavy (non-hydrogen) atoms. The number of carbonyl (C=O) groups excluding carboxylic acids is 2. The number of carbonyl (C=O) groups is 2. The van der Waals surface area contributed by atoms with Crippen molar-refractivity contribution < 1.29 is 22.4 Å². The third-order valence-corrected chi connectivity index (χ3v) is 10.1. The van der Waals surface area contributed by atoms with Gasteiger partial charge in [-0.2, -0.15) is 0 Å². The van der Waals surface area contributed by atoms with Crippen LogP contribution in [-0.4, -0.2) is 43.8 Å². The number of rotatable bonds is 13. The zero-order valence-corrected chi connectivity index (χ0v) is 28.3. The van der Waals surface area contributed by atoms with Gasteiger partial charge in [-0.15, -0.1) is 0 Å². The molecule has 2 atom stereocenters. The highest BCUT2D eigenvalue weighted by Crippen LogP contribution is 2.29. The van der Waals surface area contributed by atoms with Crippen molar-refractivity contribution in [3.05, 3.63) is 129 Å². The fraction of sp³-hybridized carbons (Fsp3) is 0.235. The molecule has 0 bridgehead atoms. The minimum absolute atomic E-state index is 0.0308. The zero-order chi connectivity index (χ0) is 33.4. The Balaban J connectivity index is 1.84. The molecule has 1 N–H and O–H groups in total. The van der Waals surface area contributed by atoms with Crippen LogP contribution in [0.5, 0.6) is 0 Å². The van der Waals surface area contributed by atoms with Gasteiger partial charge in [-0.3, -0.25) is 13.9 Å². The Bertz CT molecular complexity index is 1780. The third kappa shape index (κ3) is 8.79. The molecule has 0 saturated carbocycles. The molecule has 7 nitrogen and oxygen atoms in total. The maximum atomic E-state index is 14.5. The van der Waals surface area contributed by atoms with E-state index in [0.717, 1.165) is 22.0 Å². The van der Waals surface area contributed by atoms with E-state index < -0.39 is 40.2 Å². The summed E-state index contributed by atoms with van der Waals surface area (Å²) in [4.78, 5) is 29.6. The number of hydrogen-bond donors (Lipinski definition) is 1. The van der Waals surface area contributed by atoms with Gasteiger partial charge in [-0.05, 0) is 66.9 Å². The van der Waals surface area contributed by atoms with E-state index in [-0.39, 0.29) is 39.6 Å². The number of hydrogen-bond acceptors (Lipinski definition) is 4. The van der Waals surface area contributed by atoms with Crippen molar-refractivity contribution in [3.63, 3.8) is 0 Å². The van der Waals surface area contributed by atoms with Gasteiger partial charge in [0.05, 0.1) is 15.6 Å². The van der Waals surface area contributed by atoms with Crippen molar-refractivity contribution in [1.82, 2.24) is 10.2 Å². The first-order valence-electron chi connectivity index (χ1n) is 14.5. The van der Waals surface area contributed by atoms with Gasteiger partial charge in [0.15, 0.2) is 0 Å². The normalized spacial score (nSPS) is 12.7. The highest BCUT2D eigenvalue weighted by molar-refractivity contribution is 7.92. The summed E-state index contributed by atoms with van der Waals surface area (Å²) in [7, 11) is -4.37. The highest BCUT2D eigenvalue weighted by atomic mass is 35.5. The molecule has 12 heteroatoms. The van der Waals surface area contributed by atoms with E-state index in [9.17, 15) is 22.4 Å². The molecule has 0 heterocycles. The summed E-state index contributed by atoms with van der Waals surface area (Å²) < 4.78 is 43.1. The maximum Gasteiger partial charge on any atom is 0.264 e. The summed E-state index contributed by atoms with van der Waals surface area (Å²) in [5, 5.41) is 3.30. The van der Waals surface area contributed by atoms with E-state index >= 15 is 0 Å². The molecule has 0 spiro atoms. The summed E-state index contributed by atoms with van der Waals surface area (Å²) in [6.07, 6.45) is 0.781. The molecule has 0 aliphatic carbocycles. The lowest BCUT2D eigenvalue weighted by atomic mass is 10.0. The van der Waals surface area contributed by atoms with E-state index in [1.54, 1.807) is 30.3 Å². The molecule has 0 aliphatic rings. The fourth-order valence-corrected chi connectivity index (χ4v) is 6.79. The smallest absolute Gasteiger partial charge is 0.264 e. The highest BCUT2D eigenvalue weighted by Gasteiger charge is 2.35. The van der Waals surface area contributed by atoms with E-state index in [1.165, 1.54) is 29.2 Å². The van der Waals surface area contributed by atoms with E-state index in [1.807, 2.05) is 44.2 Å². The predicted octanol–water partition coefficient (Wildman–Crippen LogP) is 7.54. The van der Waals surface area contributed by atoms with E-state index in [2.05, 4.69) is 5.32 Å². The first-order chi connectivity index (χ1) is 21.9. The third-order valence-electron chi connectivity index (χ3n) is 7.43. The molecule has 0 aliphatic heterocycles. The summed E-state index contributed by atoms with van der Waals surface area (Å²) >= 11 is 18.7. The van der Waals surface area contributed by atoms with Crippen LogP contribution in [0, 0.1) is 5.82 Å². The SMILES string of the molecule is CCC(C)NC(=O)C(Cc1ccccc1)N(Cc1ccc(Cl)cc1Cl)C(=O)CN(c1ccc(F)c(Cl)c1)S(=O)(=O)c1ccccc1. The number of halogens is 4. The van der Waals surface area contributed by atoms with Crippen molar-refractivity contribution in [3.8, 4) is 0 Å². The lowest BCUT2D eigenvalue weighted by molar-refractivity contribution is -0.140. The first kappa shape index (κ1) is 35.2. The van der Waals surface area contributed by atoms with Crippen molar-refractivity contribution in [2.24, 2.45) is 0 Å². The molecule has 0 aromatic heterocycles. The summed E-state index contributed by atoms with van der Waals surface area (Å²) in [5.41, 5.74) is 1.25. The van der Waals surface area contributed by atoms with Crippen LogP contribution in [0.15, 0.2) is 102 Å². The minimum Gasteiger partial charge on any atom is -0.352 e. The lowest BCUT2D eigenvalue weighted by Gasteiger charge is -2.34.